The molecule has 8 nitrogen and oxygen atoms in total. The van der Waals surface area contributed by atoms with E-state index in [4.69, 9.17) is 17.0 Å². The summed E-state index contributed by atoms with van der Waals surface area (Å²) >= 11 is 8.44. The van der Waals surface area contributed by atoms with Crippen LogP contribution in [0, 0.1) is 6.92 Å². The van der Waals surface area contributed by atoms with E-state index in [2.05, 4.69) is 37.4 Å². The largest absolute Gasteiger partial charge is 0.493 e. The minimum atomic E-state index is -0.470. The Balaban J connectivity index is 1.50. The average molecular weight is 555 g/mol. The molecule has 4 N–H and O–H groups in total. The maximum absolute atomic E-state index is 12.4. The normalized spacial score (nSPS) is 10.1. The number of anilines is 1. The first-order chi connectivity index (χ1) is 16.8. The molecule has 35 heavy (non-hydrogen) atoms. The summed E-state index contributed by atoms with van der Waals surface area (Å²) in [5.74, 6) is -0.540. The van der Waals surface area contributed by atoms with Crippen molar-refractivity contribution in [2.45, 2.75) is 13.8 Å². The summed E-state index contributed by atoms with van der Waals surface area (Å²) in [6, 6.07) is 18.5. The van der Waals surface area contributed by atoms with E-state index in [9.17, 15) is 14.4 Å². The molecule has 0 heterocycles. The number of thiocarbonyl (C=S) groups is 1. The van der Waals surface area contributed by atoms with E-state index in [1.165, 1.54) is 0 Å². The number of carbonyl (C=O) groups excluding carboxylic acids is 3. The number of carbonyl (C=O) groups is 3. The van der Waals surface area contributed by atoms with Crippen LogP contribution in [-0.4, -0.2) is 29.4 Å². The smallest absolute Gasteiger partial charge is 0.269 e. The third-order valence-corrected chi connectivity index (χ3v) is 5.52. The highest BCUT2D eigenvalue weighted by atomic mass is 79.9. The third kappa shape index (κ3) is 7.36. The van der Waals surface area contributed by atoms with Crippen LogP contribution in [0.3, 0.4) is 0 Å². The molecule has 0 unspecified atom stereocenters. The number of hydrogen-bond donors (Lipinski definition) is 4. The Morgan fingerprint density at radius 1 is 0.857 bits per heavy atom. The fourth-order valence-electron chi connectivity index (χ4n) is 3.00. The molecule has 0 spiro atoms. The molecule has 0 atom stereocenters. The number of aryl methyl sites for hydroxylation is 1. The molecule has 3 aromatic carbocycles. The van der Waals surface area contributed by atoms with Gasteiger partial charge in [0.2, 0.25) is 0 Å². The highest BCUT2D eigenvalue weighted by Gasteiger charge is 2.12. The van der Waals surface area contributed by atoms with E-state index in [0.717, 1.165) is 5.56 Å². The van der Waals surface area contributed by atoms with E-state index in [0.29, 0.717) is 39.2 Å². The van der Waals surface area contributed by atoms with Gasteiger partial charge in [0.1, 0.15) is 5.75 Å². The molecule has 10 heteroatoms. The zero-order valence-corrected chi connectivity index (χ0v) is 21.4. The van der Waals surface area contributed by atoms with Gasteiger partial charge in [0.25, 0.3) is 17.7 Å². The summed E-state index contributed by atoms with van der Waals surface area (Å²) in [5, 5.41) is 5.20. The Kier molecular flexibility index (Phi) is 8.93. The lowest BCUT2D eigenvalue weighted by molar-refractivity contribution is 0.0934. The minimum absolute atomic E-state index is 0.0737. The molecule has 0 aliphatic carbocycles. The Labute approximate surface area is 216 Å². The number of rotatable bonds is 6. The minimum Gasteiger partial charge on any atom is -0.493 e. The Bertz CT molecular complexity index is 1260. The maximum atomic E-state index is 12.4. The van der Waals surface area contributed by atoms with Crippen molar-refractivity contribution in [2.75, 3.05) is 11.9 Å². The number of halogens is 1. The van der Waals surface area contributed by atoms with Crippen molar-refractivity contribution in [3.63, 3.8) is 0 Å². The molecule has 3 aromatic rings. The lowest BCUT2D eigenvalue weighted by Gasteiger charge is -2.12. The van der Waals surface area contributed by atoms with Crippen molar-refractivity contribution < 1.29 is 19.1 Å². The van der Waals surface area contributed by atoms with Gasteiger partial charge in [-0.2, -0.15) is 0 Å². The zero-order valence-electron chi connectivity index (χ0n) is 19.0. The molecule has 0 saturated heterocycles. The van der Waals surface area contributed by atoms with Gasteiger partial charge in [0.15, 0.2) is 5.11 Å². The van der Waals surface area contributed by atoms with Gasteiger partial charge < -0.3 is 10.1 Å². The van der Waals surface area contributed by atoms with Crippen molar-refractivity contribution in [3.05, 3.63) is 93.5 Å². The van der Waals surface area contributed by atoms with Crippen molar-refractivity contribution in [1.82, 2.24) is 16.2 Å². The Morgan fingerprint density at radius 2 is 1.54 bits per heavy atom. The summed E-state index contributed by atoms with van der Waals surface area (Å²) in [5.41, 5.74) is 7.69. The van der Waals surface area contributed by atoms with Crippen LogP contribution in [-0.2, 0) is 0 Å². The van der Waals surface area contributed by atoms with Crippen LogP contribution in [0.5, 0.6) is 5.75 Å². The molecule has 0 aliphatic rings. The van der Waals surface area contributed by atoms with E-state index < -0.39 is 11.8 Å². The first-order valence-corrected chi connectivity index (χ1v) is 11.8. The zero-order chi connectivity index (χ0) is 25.4. The van der Waals surface area contributed by atoms with Crippen LogP contribution in [0.2, 0.25) is 0 Å². The number of hydrazine groups is 1. The number of amides is 3. The van der Waals surface area contributed by atoms with Gasteiger partial charge in [-0.1, -0.05) is 17.7 Å². The molecule has 0 radical (unpaired) electrons. The maximum Gasteiger partial charge on any atom is 0.269 e. The topological polar surface area (TPSA) is 109 Å². The van der Waals surface area contributed by atoms with Gasteiger partial charge in [-0.3, -0.25) is 30.6 Å². The Morgan fingerprint density at radius 3 is 2.20 bits per heavy atom. The number of hydrogen-bond acceptors (Lipinski definition) is 5. The highest BCUT2D eigenvalue weighted by molar-refractivity contribution is 9.10. The molecule has 0 saturated carbocycles. The molecule has 0 aliphatic heterocycles. The van der Waals surface area contributed by atoms with Crippen molar-refractivity contribution in [1.29, 1.82) is 0 Å². The van der Waals surface area contributed by atoms with E-state index >= 15 is 0 Å². The monoisotopic (exact) mass is 554 g/mol. The Hall–Kier alpha value is -3.76. The van der Waals surface area contributed by atoms with Gasteiger partial charge in [-0.15, -0.1) is 0 Å². The summed E-state index contributed by atoms with van der Waals surface area (Å²) in [6.07, 6.45) is 0. The van der Waals surface area contributed by atoms with Crippen LogP contribution in [0.1, 0.15) is 43.6 Å². The van der Waals surface area contributed by atoms with Crippen molar-refractivity contribution >= 4 is 56.7 Å². The molecule has 0 bridgehead atoms. The fourth-order valence-corrected chi connectivity index (χ4v) is 3.64. The quantitative estimate of drug-likeness (QED) is 0.266. The van der Waals surface area contributed by atoms with Gasteiger partial charge in [0, 0.05) is 22.4 Å². The van der Waals surface area contributed by atoms with Crippen molar-refractivity contribution in [2.24, 2.45) is 0 Å². The van der Waals surface area contributed by atoms with E-state index in [-0.39, 0.29) is 11.0 Å². The van der Waals surface area contributed by atoms with Crippen LogP contribution in [0.15, 0.2) is 71.2 Å². The van der Waals surface area contributed by atoms with Crippen LogP contribution in [0.25, 0.3) is 0 Å². The van der Waals surface area contributed by atoms with Crippen LogP contribution < -0.4 is 26.2 Å². The first kappa shape index (κ1) is 25.9. The van der Waals surface area contributed by atoms with Crippen LogP contribution in [0.4, 0.5) is 5.69 Å². The molecule has 0 aromatic heterocycles. The third-order valence-electron chi connectivity index (χ3n) is 4.70. The van der Waals surface area contributed by atoms with Crippen LogP contribution >= 0.6 is 28.1 Å². The van der Waals surface area contributed by atoms with Gasteiger partial charge in [-0.25, -0.2) is 0 Å². The second-order valence-corrected chi connectivity index (χ2v) is 8.60. The summed E-state index contributed by atoms with van der Waals surface area (Å²) in [7, 11) is 0. The highest BCUT2D eigenvalue weighted by Crippen LogP contribution is 2.26. The summed E-state index contributed by atoms with van der Waals surface area (Å²) in [4.78, 5) is 37.1. The molecular formula is C25H23BrN4O4S. The predicted octanol–water partition coefficient (Wildman–Crippen LogP) is 4.36. The van der Waals surface area contributed by atoms with Gasteiger partial charge in [-0.05, 0) is 96.6 Å². The lowest BCUT2D eigenvalue weighted by atomic mass is 10.1. The predicted molar refractivity (Wildman–Crippen MR) is 142 cm³/mol. The second-order valence-electron chi connectivity index (χ2n) is 7.34. The average Bonchev–Trinajstić information content (AvgIpc) is 2.84. The number of benzene rings is 3. The molecule has 0 fully saturated rings. The van der Waals surface area contributed by atoms with E-state index in [1.54, 1.807) is 54.6 Å². The SMILES string of the molecule is CCOc1ccc(C(=O)NC(=S)NNC(=O)c2ccc(NC(=O)c3cccc(C)c3)cc2)cc1Br. The van der Waals surface area contributed by atoms with E-state index in [1.807, 2.05) is 26.0 Å². The summed E-state index contributed by atoms with van der Waals surface area (Å²) in [6.45, 7) is 4.28. The second kappa shape index (κ2) is 12.1. The lowest BCUT2D eigenvalue weighted by Crippen LogP contribution is -2.48. The molecule has 180 valence electrons. The van der Waals surface area contributed by atoms with Crippen molar-refractivity contribution in [3.8, 4) is 5.75 Å². The first-order valence-electron chi connectivity index (χ1n) is 10.6. The number of nitrogens with one attached hydrogen (secondary N) is 4. The van der Waals surface area contributed by atoms with Gasteiger partial charge in [0.05, 0.1) is 11.1 Å². The summed E-state index contributed by atoms with van der Waals surface area (Å²) < 4.78 is 6.06. The number of ether oxygens (including phenoxy) is 1. The molecular weight excluding hydrogens is 532 g/mol. The fraction of sp³-hybridized carbons (Fsp3) is 0.120. The van der Waals surface area contributed by atoms with Gasteiger partial charge >= 0.3 is 0 Å². The molecule has 3 rings (SSSR count). The standard InChI is InChI=1S/C25H23BrN4O4S/c1-3-34-21-12-9-18(14-20(21)26)23(32)28-25(35)30-29-24(33)16-7-10-19(11-8-16)27-22(31)17-6-4-5-15(2)13-17/h4-14H,3H2,1-2H3,(H,27,31)(H,29,33)(H2,28,30,32,35). The molecule has 3 amide bonds.